The minimum atomic E-state index is -0.301. The van der Waals surface area contributed by atoms with Gasteiger partial charge in [-0.1, -0.05) is 6.07 Å². The van der Waals surface area contributed by atoms with Gasteiger partial charge in [-0.05, 0) is 48.7 Å². The number of hydrogen-bond acceptors (Lipinski definition) is 5. The van der Waals surface area contributed by atoms with E-state index in [1.165, 1.54) is 12.8 Å². The number of ether oxygens (including phenoxy) is 1. The lowest BCUT2D eigenvalue weighted by Crippen LogP contribution is -2.36. The molecule has 0 spiro atoms. The van der Waals surface area contributed by atoms with E-state index in [9.17, 15) is 9.59 Å². The molecule has 27 heavy (non-hydrogen) atoms. The van der Waals surface area contributed by atoms with E-state index in [-0.39, 0.29) is 18.4 Å². The van der Waals surface area contributed by atoms with E-state index >= 15 is 0 Å². The van der Waals surface area contributed by atoms with E-state index in [0.29, 0.717) is 17.9 Å². The van der Waals surface area contributed by atoms with E-state index in [1.807, 2.05) is 12.1 Å². The molecule has 0 unspecified atom stereocenters. The molecule has 7 heteroatoms. The molecule has 1 fully saturated rings. The minimum Gasteiger partial charge on any atom is -0.497 e. The maximum absolute atomic E-state index is 12.0. The van der Waals surface area contributed by atoms with Crippen molar-refractivity contribution in [1.82, 2.24) is 15.6 Å². The number of nitrogens with zero attached hydrogens (tertiary/aromatic N) is 2. The van der Waals surface area contributed by atoms with E-state index in [0.717, 1.165) is 24.5 Å². The second-order valence-corrected chi connectivity index (χ2v) is 6.41. The van der Waals surface area contributed by atoms with Gasteiger partial charge in [0.25, 0.3) is 5.91 Å². The van der Waals surface area contributed by atoms with E-state index in [1.54, 1.807) is 37.6 Å². The normalized spacial score (nSPS) is 13.3. The van der Waals surface area contributed by atoms with Crippen LogP contribution >= 0.6 is 0 Å². The summed E-state index contributed by atoms with van der Waals surface area (Å²) in [7, 11) is 1.56. The highest BCUT2D eigenvalue weighted by Crippen LogP contribution is 2.17. The highest BCUT2D eigenvalue weighted by Gasteiger charge is 2.13. The molecule has 0 aliphatic carbocycles. The minimum absolute atomic E-state index is 0.0792. The molecule has 7 nitrogen and oxygen atoms in total. The first kappa shape index (κ1) is 18.7. The molecule has 1 aliphatic heterocycles. The van der Waals surface area contributed by atoms with Crippen LogP contribution in [0.4, 0.5) is 5.82 Å². The van der Waals surface area contributed by atoms with Crippen LogP contribution in [-0.2, 0) is 11.3 Å². The number of benzene rings is 1. The summed E-state index contributed by atoms with van der Waals surface area (Å²) in [6.07, 6.45) is 4.20. The van der Waals surface area contributed by atoms with Crippen LogP contribution in [0.2, 0.25) is 0 Å². The van der Waals surface area contributed by atoms with Gasteiger partial charge in [-0.15, -0.1) is 0 Å². The Hall–Kier alpha value is -3.09. The van der Waals surface area contributed by atoms with Gasteiger partial charge in [0.1, 0.15) is 11.6 Å². The lowest BCUT2D eigenvalue weighted by atomic mass is 10.2. The zero-order valence-corrected chi connectivity index (χ0v) is 15.4. The Balaban J connectivity index is 1.41. The van der Waals surface area contributed by atoms with Crippen molar-refractivity contribution >= 4 is 17.6 Å². The van der Waals surface area contributed by atoms with Gasteiger partial charge in [-0.2, -0.15) is 0 Å². The summed E-state index contributed by atoms with van der Waals surface area (Å²) in [5.74, 6) is 1.10. The van der Waals surface area contributed by atoms with Crippen molar-refractivity contribution in [3.8, 4) is 5.75 Å². The topological polar surface area (TPSA) is 83.6 Å². The third-order valence-corrected chi connectivity index (χ3v) is 4.49. The molecular weight excluding hydrogens is 344 g/mol. The van der Waals surface area contributed by atoms with Crippen molar-refractivity contribution in [3.05, 3.63) is 53.7 Å². The molecule has 0 saturated carbocycles. The Morgan fingerprint density at radius 3 is 2.44 bits per heavy atom. The monoisotopic (exact) mass is 368 g/mol. The fourth-order valence-corrected chi connectivity index (χ4v) is 2.92. The predicted octanol–water partition coefficient (Wildman–Crippen LogP) is 1.74. The summed E-state index contributed by atoms with van der Waals surface area (Å²) >= 11 is 0. The molecule has 142 valence electrons. The van der Waals surface area contributed by atoms with Gasteiger partial charge < -0.3 is 20.3 Å². The van der Waals surface area contributed by atoms with Gasteiger partial charge in [-0.3, -0.25) is 9.59 Å². The molecule has 1 aliphatic rings. The Morgan fingerprint density at radius 1 is 1.07 bits per heavy atom. The summed E-state index contributed by atoms with van der Waals surface area (Å²) in [6.45, 7) is 2.41. The summed E-state index contributed by atoms with van der Waals surface area (Å²) in [4.78, 5) is 30.7. The highest BCUT2D eigenvalue weighted by atomic mass is 16.5. The number of carbonyl (C=O) groups is 2. The van der Waals surface area contributed by atoms with Crippen LogP contribution in [0.1, 0.15) is 28.8 Å². The highest BCUT2D eigenvalue weighted by molar-refractivity contribution is 5.96. The molecule has 1 saturated heterocycles. The van der Waals surface area contributed by atoms with Crippen LogP contribution in [-0.4, -0.2) is 43.5 Å². The van der Waals surface area contributed by atoms with Gasteiger partial charge in [0.2, 0.25) is 5.91 Å². The fourth-order valence-electron chi connectivity index (χ4n) is 2.92. The van der Waals surface area contributed by atoms with Gasteiger partial charge in [0.05, 0.1) is 13.7 Å². The Kier molecular flexibility index (Phi) is 6.25. The maximum atomic E-state index is 12.0. The number of carbonyl (C=O) groups excluding carboxylic acids is 2. The fraction of sp³-hybridized carbons (Fsp3) is 0.350. The van der Waals surface area contributed by atoms with Crippen LogP contribution in [0.5, 0.6) is 5.75 Å². The average Bonchev–Trinajstić information content (AvgIpc) is 3.26. The summed E-state index contributed by atoms with van der Waals surface area (Å²) < 4.78 is 5.05. The largest absolute Gasteiger partial charge is 0.497 e. The molecule has 1 aromatic heterocycles. The van der Waals surface area contributed by atoms with Crippen molar-refractivity contribution < 1.29 is 14.3 Å². The number of nitrogens with one attached hydrogen (secondary N) is 2. The second kappa shape index (κ2) is 9.02. The van der Waals surface area contributed by atoms with Crippen molar-refractivity contribution in [1.29, 1.82) is 0 Å². The van der Waals surface area contributed by atoms with Crippen molar-refractivity contribution in [2.75, 3.05) is 31.6 Å². The first-order chi connectivity index (χ1) is 13.2. The molecule has 2 amide bonds. The number of pyridine rings is 1. The van der Waals surface area contributed by atoms with Gasteiger partial charge in [0.15, 0.2) is 0 Å². The smallest absolute Gasteiger partial charge is 0.251 e. The molecule has 2 aromatic rings. The number of aromatic nitrogens is 1. The van der Waals surface area contributed by atoms with E-state index in [2.05, 4.69) is 20.5 Å². The molecule has 3 rings (SSSR count). The van der Waals surface area contributed by atoms with E-state index < -0.39 is 0 Å². The number of rotatable bonds is 7. The molecular formula is C20H24N4O3. The van der Waals surface area contributed by atoms with Crippen molar-refractivity contribution in [2.45, 2.75) is 19.4 Å². The standard InChI is InChI=1S/C20H24N4O3/c1-27-17-7-5-16(6-8-17)20(26)23-14-19(25)22-13-15-4-9-18(21-12-15)24-10-2-3-11-24/h4-9,12H,2-3,10-11,13-14H2,1H3,(H,22,25)(H,23,26). The second-order valence-electron chi connectivity index (χ2n) is 6.41. The van der Waals surface area contributed by atoms with Crippen LogP contribution < -0.4 is 20.3 Å². The van der Waals surface area contributed by atoms with Gasteiger partial charge in [0, 0.05) is 31.4 Å². The predicted molar refractivity (Wildman–Crippen MR) is 103 cm³/mol. The molecule has 2 heterocycles. The lowest BCUT2D eigenvalue weighted by Gasteiger charge is -2.16. The molecule has 0 bridgehead atoms. The summed E-state index contributed by atoms with van der Waals surface area (Å²) in [6, 6.07) is 10.7. The third kappa shape index (κ3) is 5.20. The maximum Gasteiger partial charge on any atom is 0.251 e. The summed E-state index contributed by atoms with van der Waals surface area (Å²) in [5.41, 5.74) is 1.40. The molecule has 2 N–H and O–H groups in total. The van der Waals surface area contributed by atoms with Gasteiger partial charge >= 0.3 is 0 Å². The average molecular weight is 368 g/mol. The molecule has 0 atom stereocenters. The number of anilines is 1. The van der Waals surface area contributed by atoms with Crippen LogP contribution in [0.25, 0.3) is 0 Å². The van der Waals surface area contributed by atoms with Crippen LogP contribution in [0, 0.1) is 0 Å². The Labute approximate surface area is 158 Å². The molecule has 1 aromatic carbocycles. The number of methoxy groups -OCH3 is 1. The zero-order chi connectivity index (χ0) is 19.1. The Bertz CT molecular complexity index is 769. The molecule has 0 radical (unpaired) electrons. The van der Waals surface area contributed by atoms with Crippen molar-refractivity contribution in [2.24, 2.45) is 0 Å². The first-order valence-electron chi connectivity index (χ1n) is 9.04. The quantitative estimate of drug-likeness (QED) is 0.778. The van der Waals surface area contributed by atoms with Crippen molar-refractivity contribution in [3.63, 3.8) is 0 Å². The lowest BCUT2D eigenvalue weighted by molar-refractivity contribution is -0.120. The van der Waals surface area contributed by atoms with Gasteiger partial charge in [-0.25, -0.2) is 4.98 Å². The Morgan fingerprint density at radius 2 is 1.81 bits per heavy atom. The SMILES string of the molecule is COc1ccc(C(=O)NCC(=O)NCc2ccc(N3CCCC3)nc2)cc1. The summed E-state index contributed by atoms with van der Waals surface area (Å²) in [5, 5.41) is 5.39. The number of amides is 2. The zero-order valence-electron chi connectivity index (χ0n) is 15.4. The van der Waals surface area contributed by atoms with E-state index in [4.69, 9.17) is 4.74 Å². The third-order valence-electron chi connectivity index (χ3n) is 4.49. The van der Waals surface area contributed by atoms with Crippen LogP contribution in [0.3, 0.4) is 0 Å². The first-order valence-corrected chi connectivity index (χ1v) is 9.04. The van der Waals surface area contributed by atoms with Crippen LogP contribution in [0.15, 0.2) is 42.6 Å². The number of hydrogen-bond donors (Lipinski definition) is 2.